The minimum atomic E-state index is 0.478. The summed E-state index contributed by atoms with van der Waals surface area (Å²) in [5.74, 6) is 0.645. The average Bonchev–Trinajstić information content (AvgIpc) is 2.39. The van der Waals surface area contributed by atoms with Crippen LogP contribution in [0.1, 0.15) is 0 Å². The fraction of sp³-hybridized carbons (Fsp3) is 0. The lowest BCUT2D eigenvalue weighted by Gasteiger charge is -2.04. The van der Waals surface area contributed by atoms with Gasteiger partial charge in [-0.15, -0.1) is 0 Å². The first-order chi connectivity index (χ1) is 8.74. The van der Waals surface area contributed by atoms with Crippen molar-refractivity contribution in [2.75, 3.05) is 0 Å². The molecule has 3 rings (SSSR count). The average molecular weight is 320 g/mol. The number of hydrogen-bond acceptors (Lipinski definition) is 2. The van der Waals surface area contributed by atoms with Gasteiger partial charge in [0.05, 0.1) is 5.52 Å². The summed E-state index contributed by atoms with van der Waals surface area (Å²) in [6, 6.07) is 15.6. The molecule has 0 aliphatic heterocycles. The van der Waals surface area contributed by atoms with Gasteiger partial charge < -0.3 is 0 Å². The van der Waals surface area contributed by atoms with Gasteiger partial charge in [-0.2, -0.15) is 0 Å². The second kappa shape index (κ2) is 4.67. The molecule has 0 saturated carbocycles. The highest BCUT2D eigenvalue weighted by molar-refractivity contribution is 9.10. The molecule has 0 N–H and O–H groups in total. The van der Waals surface area contributed by atoms with Crippen LogP contribution in [0.15, 0.2) is 53.0 Å². The Labute approximate surface area is 118 Å². The van der Waals surface area contributed by atoms with Crippen molar-refractivity contribution in [2.24, 2.45) is 0 Å². The van der Waals surface area contributed by atoms with Crippen LogP contribution in [-0.4, -0.2) is 9.97 Å². The van der Waals surface area contributed by atoms with E-state index in [2.05, 4.69) is 25.9 Å². The van der Waals surface area contributed by atoms with E-state index in [-0.39, 0.29) is 0 Å². The summed E-state index contributed by atoms with van der Waals surface area (Å²) in [5.41, 5.74) is 1.80. The topological polar surface area (TPSA) is 25.8 Å². The molecule has 0 aliphatic rings. The monoisotopic (exact) mass is 318 g/mol. The second-order valence-electron chi connectivity index (χ2n) is 3.87. The Morgan fingerprint density at radius 1 is 0.944 bits per heavy atom. The van der Waals surface area contributed by atoms with Gasteiger partial charge in [-0.3, -0.25) is 0 Å². The van der Waals surface area contributed by atoms with Gasteiger partial charge in [0.25, 0.3) is 0 Å². The van der Waals surface area contributed by atoms with Crippen LogP contribution in [0.5, 0.6) is 0 Å². The predicted molar refractivity (Wildman–Crippen MR) is 77.7 cm³/mol. The number of hydrogen-bond donors (Lipinski definition) is 0. The van der Waals surface area contributed by atoms with Crippen LogP contribution in [0.4, 0.5) is 0 Å². The summed E-state index contributed by atoms with van der Waals surface area (Å²) in [6.07, 6.45) is 0. The van der Waals surface area contributed by atoms with Crippen LogP contribution in [0.2, 0.25) is 5.15 Å². The molecule has 0 unspecified atom stereocenters. The van der Waals surface area contributed by atoms with E-state index in [1.54, 1.807) is 0 Å². The molecule has 1 aromatic heterocycles. The number of fused-ring (bicyclic) bond motifs is 1. The van der Waals surface area contributed by atoms with E-state index in [1.165, 1.54) is 0 Å². The quantitative estimate of drug-likeness (QED) is 0.607. The summed E-state index contributed by atoms with van der Waals surface area (Å²) in [7, 11) is 0. The lowest BCUT2D eigenvalue weighted by atomic mass is 10.2. The Morgan fingerprint density at radius 2 is 1.72 bits per heavy atom. The largest absolute Gasteiger partial charge is 0.228 e. The van der Waals surface area contributed by atoms with Gasteiger partial charge in [0.15, 0.2) is 5.82 Å². The zero-order valence-corrected chi connectivity index (χ0v) is 11.6. The first-order valence-corrected chi connectivity index (χ1v) is 6.59. The number of aromatic nitrogens is 2. The summed E-state index contributed by atoms with van der Waals surface area (Å²) < 4.78 is 0.976. The van der Waals surface area contributed by atoms with Gasteiger partial charge >= 0.3 is 0 Å². The summed E-state index contributed by atoms with van der Waals surface area (Å²) in [6.45, 7) is 0. The number of rotatable bonds is 1. The van der Waals surface area contributed by atoms with Crippen molar-refractivity contribution in [3.8, 4) is 11.4 Å². The summed E-state index contributed by atoms with van der Waals surface area (Å²) >= 11 is 9.63. The van der Waals surface area contributed by atoms with Crippen molar-refractivity contribution in [3.05, 3.63) is 58.2 Å². The van der Waals surface area contributed by atoms with Crippen LogP contribution >= 0.6 is 27.5 Å². The molecular weight excluding hydrogens is 312 g/mol. The van der Waals surface area contributed by atoms with E-state index in [0.717, 1.165) is 20.9 Å². The van der Waals surface area contributed by atoms with Crippen LogP contribution in [-0.2, 0) is 0 Å². The number of benzene rings is 2. The van der Waals surface area contributed by atoms with Crippen LogP contribution in [0.25, 0.3) is 22.3 Å². The third kappa shape index (κ3) is 2.11. The van der Waals surface area contributed by atoms with E-state index >= 15 is 0 Å². The molecule has 0 bridgehead atoms. The number of nitrogens with zero attached hydrogens (tertiary/aromatic N) is 2. The lowest BCUT2D eigenvalue weighted by molar-refractivity contribution is 1.23. The lowest BCUT2D eigenvalue weighted by Crippen LogP contribution is -1.91. The molecule has 0 radical (unpaired) electrons. The smallest absolute Gasteiger partial charge is 0.161 e. The maximum absolute atomic E-state index is 6.20. The van der Waals surface area contributed by atoms with Crippen molar-refractivity contribution >= 4 is 38.4 Å². The maximum atomic E-state index is 6.20. The van der Waals surface area contributed by atoms with Gasteiger partial charge in [-0.1, -0.05) is 57.9 Å². The first kappa shape index (κ1) is 11.6. The standard InChI is InChI=1S/C14H8BrClN2/c15-10-6-7-11-12(8-10)17-14(18-13(11)16)9-4-2-1-3-5-9/h1-8H. The van der Waals surface area contributed by atoms with Gasteiger partial charge in [-0.05, 0) is 18.2 Å². The molecule has 0 fully saturated rings. The minimum Gasteiger partial charge on any atom is -0.228 e. The highest BCUT2D eigenvalue weighted by Crippen LogP contribution is 2.26. The van der Waals surface area contributed by atoms with Gasteiger partial charge in [0.1, 0.15) is 5.15 Å². The Bertz CT molecular complexity index is 714. The normalized spacial score (nSPS) is 10.8. The molecule has 0 aliphatic carbocycles. The highest BCUT2D eigenvalue weighted by Gasteiger charge is 2.07. The van der Waals surface area contributed by atoms with E-state index < -0.39 is 0 Å². The van der Waals surface area contributed by atoms with E-state index in [1.807, 2.05) is 48.5 Å². The summed E-state index contributed by atoms with van der Waals surface area (Å²) in [4.78, 5) is 8.88. The maximum Gasteiger partial charge on any atom is 0.161 e. The summed E-state index contributed by atoms with van der Waals surface area (Å²) in [5, 5.41) is 1.34. The van der Waals surface area contributed by atoms with Gasteiger partial charge in [0.2, 0.25) is 0 Å². The Hall–Kier alpha value is -1.45. The molecule has 1 heterocycles. The zero-order chi connectivity index (χ0) is 12.5. The molecule has 18 heavy (non-hydrogen) atoms. The van der Waals surface area contributed by atoms with Crippen molar-refractivity contribution in [1.82, 2.24) is 9.97 Å². The van der Waals surface area contributed by atoms with Crippen LogP contribution in [0.3, 0.4) is 0 Å². The second-order valence-corrected chi connectivity index (χ2v) is 5.14. The third-order valence-electron chi connectivity index (χ3n) is 2.64. The highest BCUT2D eigenvalue weighted by atomic mass is 79.9. The molecule has 88 valence electrons. The molecule has 0 spiro atoms. The Balaban J connectivity index is 2.27. The van der Waals surface area contributed by atoms with Gasteiger partial charge in [-0.25, -0.2) is 9.97 Å². The molecule has 2 nitrogen and oxygen atoms in total. The fourth-order valence-corrected chi connectivity index (χ4v) is 2.37. The predicted octanol–water partition coefficient (Wildman–Crippen LogP) is 4.71. The van der Waals surface area contributed by atoms with E-state index in [0.29, 0.717) is 11.0 Å². The molecule has 2 aromatic carbocycles. The van der Waals surface area contributed by atoms with Crippen molar-refractivity contribution < 1.29 is 0 Å². The molecule has 0 amide bonds. The molecule has 4 heteroatoms. The first-order valence-electron chi connectivity index (χ1n) is 5.42. The van der Waals surface area contributed by atoms with Crippen molar-refractivity contribution in [2.45, 2.75) is 0 Å². The van der Waals surface area contributed by atoms with Gasteiger partial charge in [0, 0.05) is 15.4 Å². The Morgan fingerprint density at radius 3 is 2.50 bits per heavy atom. The molecule has 0 atom stereocenters. The van der Waals surface area contributed by atoms with Crippen LogP contribution < -0.4 is 0 Å². The van der Waals surface area contributed by atoms with Crippen LogP contribution in [0, 0.1) is 0 Å². The Kier molecular flexibility index (Phi) is 3.02. The van der Waals surface area contributed by atoms with Crippen molar-refractivity contribution in [1.29, 1.82) is 0 Å². The molecule has 3 aromatic rings. The van der Waals surface area contributed by atoms with E-state index in [4.69, 9.17) is 11.6 Å². The molecule has 0 saturated heterocycles. The zero-order valence-electron chi connectivity index (χ0n) is 9.27. The van der Waals surface area contributed by atoms with Crippen molar-refractivity contribution in [3.63, 3.8) is 0 Å². The number of halogens is 2. The SMILES string of the molecule is Clc1nc(-c2ccccc2)nc2cc(Br)ccc12. The fourth-order valence-electron chi connectivity index (χ4n) is 1.78. The van der Waals surface area contributed by atoms with E-state index in [9.17, 15) is 0 Å². The third-order valence-corrected chi connectivity index (χ3v) is 3.43. The minimum absolute atomic E-state index is 0.478. The molecular formula is C14H8BrClN2.